The third-order valence-corrected chi connectivity index (χ3v) is 6.66. The molecule has 0 heterocycles. The van der Waals surface area contributed by atoms with Crippen LogP contribution in [0.1, 0.15) is 56.1 Å². The summed E-state index contributed by atoms with van der Waals surface area (Å²) in [5.41, 5.74) is 2.99. The molecule has 4 rings (SSSR count). The first-order valence-electron chi connectivity index (χ1n) is 8.09. The molecule has 2 N–H and O–H groups in total. The maximum Gasteiger partial charge on any atom is 0.115 e. The zero-order chi connectivity index (χ0) is 13.9. The van der Waals surface area contributed by atoms with E-state index >= 15 is 0 Å². The number of aliphatic hydroxyl groups is 1. The zero-order valence-electron chi connectivity index (χ0n) is 12.7. The Balaban J connectivity index is 0.00000132. The SMILES string of the molecule is C[C@]12CC[C@@H]3c4ccc(O)cc4CC[C@H]3[C@@H]1CC[C@@H]2O.[Pb]. The topological polar surface area (TPSA) is 40.5 Å². The zero-order valence-corrected chi connectivity index (χ0v) is 16.6. The molecule has 2 fully saturated rings. The van der Waals surface area contributed by atoms with Crippen LogP contribution in [0.2, 0.25) is 0 Å². The van der Waals surface area contributed by atoms with Crippen LogP contribution in [-0.4, -0.2) is 43.6 Å². The van der Waals surface area contributed by atoms with E-state index in [1.165, 1.54) is 30.4 Å². The molecule has 0 saturated heterocycles. The van der Waals surface area contributed by atoms with Crippen LogP contribution in [0, 0.1) is 17.3 Å². The van der Waals surface area contributed by atoms with Crippen LogP contribution < -0.4 is 0 Å². The number of aliphatic hydroxyl groups excluding tert-OH is 1. The molecule has 1 aromatic carbocycles. The average molecular weight is 480 g/mol. The molecule has 5 atom stereocenters. The molecule has 3 aliphatic carbocycles. The summed E-state index contributed by atoms with van der Waals surface area (Å²) in [5.74, 6) is 2.49. The second kappa shape index (κ2) is 5.52. The number of aryl methyl sites for hydroxylation is 1. The molecule has 0 bridgehead atoms. The van der Waals surface area contributed by atoms with Gasteiger partial charge in [0.2, 0.25) is 0 Å². The molecule has 21 heavy (non-hydrogen) atoms. The molecule has 0 spiro atoms. The van der Waals surface area contributed by atoms with Crippen molar-refractivity contribution >= 4 is 27.3 Å². The van der Waals surface area contributed by atoms with Gasteiger partial charge in [-0.15, -0.1) is 0 Å². The number of aromatic hydroxyl groups is 1. The molecule has 2 nitrogen and oxygen atoms in total. The van der Waals surface area contributed by atoms with E-state index in [1.807, 2.05) is 12.1 Å². The molecular formula is C18H24O2Pb. The molecule has 4 radical (unpaired) electrons. The number of phenols is 1. The molecule has 0 unspecified atom stereocenters. The third-order valence-electron chi connectivity index (χ3n) is 6.66. The standard InChI is InChI=1S/C18H24O2.Pb/c1-18-9-8-14-13-5-3-12(19)10-11(13)2-4-15(14)16(18)6-7-17(18)20;/h3,5,10,14-17,19-20H,2,4,6-9H2,1H3;/t14-,15-,16+,17+,18+;/m1./s1. The van der Waals surface area contributed by atoms with Gasteiger partial charge in [-0.25, -0.2) is 0 Å². The van der Waals surface area contributed by atoms with Gasteiger partial charge in [-0.05, 0) is 85.0 Å². The maximum atomic E-state index is 10.4. The number of rotatable bonds is 0. The van der Waals surface area contributed by atoms with Crippen LogP contribution in [0.3, 0.4) is 0 Å². The van der Waals surface area contributed by atoms with Crippen LogP contribution in [-0.2, 0) is 6.42 Å². The predicted octanol–water partition coefficient (Wildman–Crippen LogP) is 3.23. The number of hydrogen-bond acceptors (Lipinski definition) is 2. The molecule has 2 saturated carbocycles. The minimum absolute atomic E-state index is 0. The largest absolute Gasteiger partial charge is 0.508 e. The summed E-state index contributed by atoms with van der Waals surface area (Å²) in [5, 5.41) is 20.0. The van der Waals surface area contributed by atoms with Crippen molar-refractivity contribution in [3.8, 4) is 5.75 Å². The Kier molecular flexibility index (Phi) is 4.15. The van der Waals surface area contributed by atoms with Gasteiger partial charge in [0.15, 0.2) is 0 Å². The van der Waals surface area contributed by atoms with Crippen molar-refractivity contribution in [1.29, 1.82) is 0 Å². The van der Waals surface area contributed by atoms with E-state index in [-0.39, 0.29) is 38.8 Å². The normalized spacial score (nSPS) is 40.7. The Hall–Kier alpha value is -0.0979. The maximum absolute atomic E-state index is 10.4. The van der Waals surface area contributed by atoms with E-state index in [0.717, 1.165) is 25.2 Å². The van der Waals surface area contributed by atoms with Gasteiger partial charge in [0.1, 0.15) is 5.75 Å². The van der Waals surface area contributed by atoms with E-state index in [2.05, 4.69) is 13.0 Å². The summed E-state index contributed by atoms with van der Waals surface area (Å²) in [6.45, 7) is 2.32. The first kappa shape index (κ1) is 15.8. The third kappa shape index (κ3) is 2.28. The van der Waals surface area contributed by atoms with Gasteiger partial charge in [-0.2, -0.15) is 0 Å². The predicted molar refractivity (Wildman–Crippen MR) is 84.5 cm³/mol. The van der Waals surface area contributed by atoms with E-state index in [4.69, 9.17) is 0 Å². The summed E-state index contributed by atoms with van der Waals surface area (Å²) >= 11 is 0. The summed E-state index contributed by atoms with van der Waals surface area (Å²) < 4.78 is 0. The fourth-order valence-electron chi connectivity index (χ4n) is 5.54. The van der Waals surface area contributed by atoms with Crippen LogP contribution >= 0.6 is 0 Å². The van der Waals surface area contributed by atoms with Gasteiger partial charge < -0.3 is 10.2 Å². The van der Waals surface area contributed by atoms with Crippen molar-refractivity contribution in [1.82, 2.24) is 0 Å². The van der Waals surface area contributed by atoms with Crippen molar-refractivity contribution in [2.75, 3.05) is 0 Å². The molecule has 0 aromatic heterocycles. The van der Waals surface area contributed by atoms with E-state index in [0.29, 0.717) is 17.6 Å². The number of fused-ring (bicyclic) bond motifs is 5. The van der Waals surface area contributed by atoms with Crippen molar-refractivity contribution in [3.63, 3.8) is 0 Å². The second-order valence-corrected chi connectivity index (χ2v) is 7.44. The van der Waals surface area contributed by atoms with E-state index < -0.39 is 0 Å². The molecule has 0 amide bonds. The molecule has 1 aromatic rings. The Bertz CT molecular complexity index is 544. The molecule has 3 heteroatoms. The molecule has 3 aliphatic rings. The van der Waals surface area contributed by atoms with Gasteiger partial charge in [-0.1, -0.05) is 13.0 Å². The average Bonchev–Trinajstić information content (AvgIpc) is 2.74. The smallest absolute Gasteiger partial charge is 0.115 e. The monoisotopic (exact) mass is 480 g/mol. The first-order valence-corrected chi connectivity index (χ1v) is 8.09. The molecule has 0 aliphatic heterocycles. The number of phenolic OH excluding ortho intramolecular Hbond substituents is 1. The van der Waals surface area contributed by atoms with Gasteiger partial charge in [-0.3, -0.25) is 0 Å². The quantitative estimate of drug-likeness (QED) is 0.561. The minimum Gasteiger partial charge on any atom is -0.508 e. The Morgan fingerprint density at radius 1 is 1.14 bits per heavy atom. The fourth-order valence-corrected chi connectivity index (χ4v) is 5.54. The summed E-state index contributed by atoms with van der Waals surface area (Å²) in [7, 11) is 0. The van der Waals surface area contributed by atoms with Gasteiger partial charge in [0.05, 0.1) is 6.10 Å². The van der Waals surface area contributed by atoms with Crippen LogP contribution in [0.25, 0.3) is 0 Å². The molecular weight excluding hydrogens is 455 g/mol. The van der Waals surface area contributed by atoms with Crippen LogP contribution in [0.15, 0.2) is 18.2 Å². The summed E-state index contributed by atoms with van der Waals surface area (Å²) in [6.07, 6.45) is 6.78. The number of hydrogen-bond donors (Lipinski definition) is 2. The number of benzene rings is 1. The second-order valence-electron chi connectivity index (χ2n) is 7.44. The van der Waals surface area contributed by atoms with E-state index in [1.54, 1.807) is 0 Å². The van der Waals surface area contributed by atoms with Gasteiger partial charge in [0.25, 0.3) is 0 Å². The van der Waals surface area contributed by atoms with Crippen molar-refractivity contribution in [2.45, 2.75) is 57.5 Å². The van der Waals surface area contributed by atoms with Gasteiger partial charge >= 0.3 is 0 Å². The molecule has 112 valence electrons. The van der Waals surface area contributed by atoms with Crippen LogP contribution in [0.4, 0.5) is 0 Å². The van der Waals surface area contributed by atoms with Crippen LogP contribution in [0.5, 0.6) is 5.75 Å². The summed E-state index contributed by atoms with van der Waals surface area (Å²) in [6, 6.07) is 5.96. The first-order chi connectivity index (χ1) is 9.59. The fraction of sp³-hybridized carbons (Fsp3) is 0.667. The van der Waals surface area contributed by atoms with Crippen molar-refractivity contribution in [3.05, 3.63) is 29.3 Å². The summed E-state index contributed by atoms with van der Waals surface area (Å²) in [4.78, 5) is 0. The van der Waals surface area contributed by atoms with Gasteiger partial charge in [0, 0.05) is 27.3 Å². The van der Waals surface area contributed by atoms with Crippen molar-refractivity contribution < 1.29 is 10.2 Å². The Labute approximate surface area is 147 Å². The minimum atomic E-state index is -0.0883. The Morgan fingerprint density at radius 2 is 1.95 bits per heavy atom. The van der Waals surface area contributed by atoms with Crippen molar-refractivity contribution in [2.24, 2.45) is 17.3 Å². The van der Waals surface area contributed by atoms with E-state index in [9.17, 15) is 10.2 Å². The Morgan fingerprint density at radius 3 is 2.76 bits per heavy atom.